The van der Waals surface area contributed by atoms with Crippen molar-refractivity contribution in [3.8, 4) is 5.75 Å². The average molecular weight is 292 g/mol. The number of halogens is 1. The van der Waals surface area contributed by atoms with Crippen LogP contribution in [0.3, 0.4) is 0 Å². The summed E-state index contributed by atoms with van der Waals surface area (Å²) in [6.45, 7) is 2.52. The van der Waals surface area contributed by atoms with Gasteiger partial charge in [-0.1, -0.05) is 34.1 Å². The molecule has 0 fully saturated rings. The van der Waals surface area contributed by atoms with Crippen molar-refractivity contribution in [1.82, 2.24) is 0 Å². The van der Waals surface area contributed by atoms with Crippen molar-refractivity contribution in [3.63, 3.8) is 0 Å². The standard InChI is InChI=1S/C14H14BrNO/c1-10-8-12(6-7-14(10)16)17-9-11-4-2-3-5-13(11)15/h2-8H,9,16H2,1H3. The minimum atomic E-state index is 0.546. The van der Waals surface area contributed by atoms with Crippen molar-refractivity contribution in [2.45, 2.75) is 13.5 Å². The highest BCUT2D eigenvalue weighted by atomic mass is 79.9. The van der Waals surface area contributed by atoms with E-state index in [1.54, 1.807) is 0 Å². The summed E-state index contributed by atoms with van der Waals surface area (Å²) < 4.78 is 6.79. The number of anilines is 1. The molecule has 88 valence electrons. The van der Waals surface area contributed by atoms with E-state index in [0.29, 0.717) is 6.61 Å². The molecule has 2 aromatic rings. The van der Waals surface area contributed by atoms with E-state index in [9.17, 15) is 0 Å². The van der Waals surface area contributed by atoms with E-state index in [1.807, 2.05) is 49.4 Å². The van der Waals surface area contributed by atoms with E-state index in [4.69, 9.17) is 10.5 Å². The maximum absolute atomic E-state index is 5.76. The van der Waals surface area contributed by atoms with E-state index in [2.05, 4.69) is 15.9 Å². The first kappa shape index (κ1) is 12.0. The molecule has 2 nitrogen and oxygen atoms in total. The molecule has 0 spiro atoms. The summed E-state index contributed by atoms with van der Waals surface area (Å²) in [5.74, 6) is 0.840. The van der Waals surface area contributed by atoms with Gasteiger partial charge in [0.25, 0.3) is 0 Å². The number of benzene rings is 2. The summed E-state index contributed by atoms with van der Waals surface area (Å²) in [5.41, 5.74) is 8.71. The summed E-state index contributed by atoms with van der Waals surface area (Å²) in [5, 5.41) is 0. The van der Waals surface area contributed by atoms with Crippen molar-refractivity contribution in [3.05, 3.63) is 58.1 Å². The zero-order valence-corrected chi connectivity index (χ0v) is 11.2. The number of rotatable bonds is 3. The number of nitrogen functional groups attached to an aromatic ring is 1. The Hall–Kier alpha value is -1.48. The predicted octanol–water partition coefficient (Wildman–Crippen LogP) is 3.92. The van der Waals surface area contributed by atoms with Gasteiger partial charge in [-0.2, -0.15) is 0 Å². The minimum absolute atomic E-state index is 0.546. The Balaban J connectivity index is 2.08. The van der Waals surface area contributed by atoms with Crippen LogP contribution in [0, 0.1) is 6.92 Å². The normalized spacial score (nSPS) is 10.2. The second-order valence-corrected chi connectivity index (χ2v) is 4.75. The second-order valence-electron chi connectivity index (χ2n) is 3.90. The molecule has 0 amide bonds. The Morgan fingerprint density at radius 1 is 1.18 bits per heavy atom. The lowest BCUT2D eigenvalue weighted by molar-refractivity contribution is 0.305. The molecule has 2 rings (SSSR count). The average Bonchev–Trinajstić information content (AvgIpc) is 2.32. The summed E-state index contributed by atoms with van der Waals surface area (Å²) in [6, 6.07) is 13.7. The maximum atomic E-state index is 5.76. The van der Waals surface area contributed by atoms with Crippen LogP contribution in [0.5, 0.6) is 5.75 Å². The number of hydrogen-bond acceptors (Lipinski definition) is 2. The molecule has 0 aromatic heterocycles. The largest absolute Gasteiger partial charge is 0.489 e. The Morgan fingerprint density at radius 2 is 1.94 bits per heavy atom. The molecule has 2 N–H and O–H groups in total. The van der Waals surface area contributed by atoms with Gasteiger partial charge in [-0.25, -0.2) is 0 Å². The molecule has 0 atom stereocenters. The fourth-order valence-corrected chi connectivity index (χ4v) is 1.91. The summed E-state index contributed by atoms with van der Waals surface area (Å²) >= 11 is 3.50. The fourth-order valence-electron chi connectivity index (χ4n) is 1.51. The first-order chi connectivity index (χ1) is 8.16. The van der Waals surface area contributed by atoms with Gasteiger partial charge in [0.15, 0.2) is 0 Å². The van der Waals surface area contributed by atoms with Crippen molar-refractivity contribution >= 4 is 21.6 Å². The van der Waals surface area contributed by atoms with Gasteiger partial charge in [0.2, 0.25) is 0 Å². The number of nitrogens with two attached hydrogens (primary N) is 1. The van der Waals surface area contributed by atoms with Crippen LogP contribution in [0.1, 0.15) is 11.1 Å². The van der Waals surface area contributed by atoms with Gasteiger partial charge in [0.05, 0.1) is 0 Å². The summed E-state index contributed by atoms with van der Waals surface area (Å²) in [4.78, 5) is 0. The minimum Gasteiger partial charge on any atom is -0.489 e. The molecule has 0 unspecified atom stereocenters. The quantitative estimate of drug-likeness (QED) is 0.870. The zero-order chi connectivity index (χ0) is 12.3. The van der Waals surface area contributed by atoms with E-state index in [0.717, 1.165) is 27.0 Å². The van der Waals surface area contributed by atoms with Crippen molar-refractivity contribution in [1.29, 1.82) is 0 Å². The van der Waals surface area contributed by atoms with Crippen molar-refractivity contribution in [2.24, 2.45) is 0 Å². The Morgan fingerprint density at radius 3 is 2.65 bits per heavy atom. The highest BCUT2D eigenvalue weighted by Crippen LogP contribution is 2.21. The third kappa shape index (κ3) is 3.01. The predicted molar refractivity (Wildman–Crippen MR) is 74.1 cm³/mol. The van der Waals surface area contributed by atoms with Gasteiger partial charge < -0.3 is 10.5 Å². The zero-order valence-electron chi connectivity index (χ0n) is 9.61. The summed E-state index contributed by atoms with van der Waals surface area (Å²) in [6.07, 6.45) is 0. The topological polar surface area (TPSA) is 35.2 Å². The fraction of sp³-hybridized carbons (Fsp3) is 0.143. The van der Waals surface area contributed by atoms with Gasteiger partial charge >= 0.3 is 0 Å². The number of hydrogen-bond donors (Lipinski definition) is 1. The van der Waals surface area contributed by atoms with Crippen LogP contribution in [0.2, 0.25) is 0 Å². The molecule has 0 aliphatic rings. The van der Waals surface area contributed by atoms with Gasteiger partial charge in [-0.05, 0) is 36.8 Å². The lowest BCUT2D eigenvalue weighted by Gasteiger charge is -2.09. The van der Waals surface area contributed by atoms with E-state index in [-0.39, 0.29) is 0 Å². The first-order valence-corrected chi connectivity index (χ1v) is 6.18. The summed E-state index contributed by atoms with van der Waals surface area (Å²) in [7, 11) is 0. The SMILES string of the molecule is Cc1cc(OCc2ccccc2Br)ccc1N. The lowest BCUT2D eigenvalue weighted by Crippen LogP contribution is -1.97. The molecule has 3 heteroatoms. The van der Waals surface area contributed by atoms with Crippen molar-refractivity contribution < 1.29 is 4.74 Å². The van der Waals surface area contributed by atoms with Crippen LogP contribution in [0.25, 0.3) is 0 Å². The molecule has 0 aliphatic heterocycles. The van der Waals surface area contributed by atoms with Crippen LogP contribution in [-0.2, 0) is 6.61 Å². The molecular weight excluding hydrogens is 278 g/mol. The Kier molecular flexibility index (Phi) is 3.69. The van der Waals surface area contributed by atoms with Gasteiger partial charge in [-0.15, -0.1) is 0 Å². The molecule has 0 bridgehead atoms. The molecule has 0 aliphatic carbocycles. The van der Waals surface area contributed by atoms with Crippen LogP contribution in [-0.4, -0.2) is 0 Å². The third-order valence-electron chi connectivity index (χ3n) is 2.59. The van der Waals surface area contributed by atoms with E-state index in [1.165, 1.54) is 0 Å². The molecule has 17 heavy (non-hydrogen) atoms. The molecule has 2 aromatic carbocycles. The molecule has 0 saturated heterocycles. The molecule has 0 heterocycles. The van der Waals surface area contributed by atoms with E-state index >= 15 is 0 Å². The monoisotopic (exact) mass is 291 g/mol. The van der Waals surface area contributed by atoms with Gasteiger partial charge in [0.1, 0.15) is 12.4 Å². The van der Waals surface area contributed by atoms with Gasteiger partial charge in [0, 0.05) is 15.7 Å². The Labute approximate surface area is 110 Å². The number of aryl methyl sites for hydroxylation is 1. The third-order valence-corrected chi connectivity index (χ3v) is 3.37. The maximum Gasteiger partial charge on any atom is 0.120 e. The molecule has 0 saturated carbocycles. The van der Waals surface area contributed by atoms with Crippen LogP contribution >= 0.6 is 15.9 Å². The Bertz CT molecular complexity index is 525. The highest BCUT2D eigenvalue weighted by molar-refractivity contribution is 9.10. The van der Waals surface area contributed by atoms with Crippen molar-refractivity contribution in [2.75, 3.05) is 5.73 Å². The molecular formula is C14H14BrNO. The van der Waals surface area contributed by atoms with Crippen LogP contribution in [0.4, 0.5) is 5.69 Å². The van der Waals surface area contributed by atoms with E-state index < -0.39 is 0 Å². The highest BCUT2D eigenvalue weighted by Gasteiger charge is 2.01. The number of ether oxygens (including phenoxy) is 1. The smallest absolute Gasteiger partial charge is 0.120 e. The van der Waals surface area contributed by atoms with Crippen LogP contribution < -0.4 is 10.5 Å². The lowest BCUT2D eigenvalue weighted by atomic mass is 10.2. The first-order valence-electron chi connectivity index (χ1n) is 5.39. The van der Waals surface area contributed by atoms with Gasteiger partial charge in [-0.3, -0.25) is 0 Å². The molecule has 0 radical (unpaired) electrons. The van der Waals surface area contributed by atoms with Crippen LogP contribution in [0.15, 0.2) is 46.9 Å². The second kappa shape index (κ2) is 5.23.